The van der Waals surface area contributed by atoms with Crippen LogP contribution in [0, 0.1) is 0 Å². The van der Waals surface area contributed by atoms with Crippen LogP contribution in [0.25, 0.3) is 10.8 Å². The molecule has 32 heavy (non-hydrogen) atoms. The Labute approximate surface area is 197 Å². The third kappa shape index (κ3) is 3.71. The van der Waals surface area contributed by atoms with Crippen molar-refractivity contribution in [2.24, 2.45) is 4.99 Å². The number of nitrogens with zero attached hydrogens (tertiary/aromatic N) is 3. The number of amidine groups is 1. The molecule has 0 saturated carbocycles. The number of anilines is 1. The zero-order chi connectivity index (χ0) is 22.1. The average molecular weight is 460 g/mol. The predicted molar refractivity (Wildman–Crippen MR) is 138 cm³/mol. The lowest BCUT2D eigenvalue weighted by atomic mass is 10.1. The summed E-state index contributed by atoms with van der Waals surface area (Å²) in [6.45, 7) is 5.79. The van der Waals surface area contributed by atoms with Crippen molar-refractivity contribution in [3.63, 3.8) is 0 Å². The summed E-state index contributed by atoms with van der Waals surface area (Å²) in [6, 6.07) is 22.8. The summed E-state index contributed by atoms with van der Waals surface area (Å²) in [6.07, 6.45) is 1.98. The smallest absolute Gasteiger partial charge is 0.269 e. The highest BCUT2D eigenvalue weighted by atomic mass is 32.2. The molecule has 162 valence electrons. The molecule has 0 unspecified atom stereocenters. The number of fused-ring (bicyclic) bond motifs is 2. The van der Waals surface area contributed by atoms with Crippen LogP contribution in [-0.2, 0) is 4.79 Å². The van der Waals surface area contributed by atoms with E-state index in [1.807, 2.05) is 29.2 Å². The lowest BCUT2D eigenvalue weighted by molar-refractivity contribution is -0.122. The van der Waals surface area contributed by atoms with E-state index in [0.29, 0.717) is 6.54 Å². The van der Waals surface area contributed by atoms with Gasteiger partial charge in [-0.1, -0.05) is 73.6 Å². The van der Waals surface area contributed by atoms with Gasteiger partial charge in [0.1, 0.15) is 9.93 Å². The topological polar surface area (TPSA) is 35.9 Å². The SMILES string of the molecule is CCCCN1C(=O)C(=C2Sc3ccccc3N2CC)SC1=Nc1cccc2ccccc12. The zero-order valence-electron chi connectivity index (χ0n) is 18.2. The summed E-state index contributed by atoms with van der Waals surface area (Å²) in [5.41, 5.74) is 2.08. The Bertz CT molecular complexity index is 1250. The van der Waals surface area contributed by atoms with E-state index >= 15 is 0 Å². The van der Waals surface area contributed by atoms with Gasteiger partial charge in [0.2, 0.25) is 0 Å². The molecule has 2 aliphatic rings. The molecule has 0 radical (unpaired) electrons. The Hall–Kier alpha value is -2.70. The summed E-state index contributed by atoms with van der Waals surface area (Å²) in [5, 5.41) is 4.05. The summed E-state index contributed by atoms with van der Waals surface area (Å²) in [4.78, 5) is 24.7. The number of benzene rings is 3. The van der Waals surface area contributed by atoms with Crippen LogP contribution in [0.2, 0.25) is 0 Å². The molecule has 1 saturated heterocycles. The summed E-state index contributed by atoms with van der Waals surface area (Å²) in [7, 11) is 0. The third-order valence-electron chi connectivity index (χ3n) is 5.70. The van der Waals surface area contributed by atoms with E-state index in [9.17, 15) is 4.79 Å². The molecule has 6 heteroatoms. The van der Waals surface area contributed by atoms with E-state index in [2.05, 4.69) is 61.2 Å². The first-order chi connectivity index (χ1) is 15.7. The van der Waals surface area contributed by atoms with Crippen molar-refractivity contribution in [1.29, 1.82) is 0 Å². The summed E-state index contributed by atoms with van der Waals surface area (Å²) < 4.78 is 0. The second-order valence-corrected chi connectivity index (χ2v) is 9.76. The van der Waals surface area contributed by atoms with Crippen molar-refractivity contribution >= 4 is 56.7 Å². The van der Waals surface area contributed by atoms with Gasteiger partial charge >= 0.3 is 0 Å². The van der Waals surface area contributed by atoms with Crippen molar-refractivity contribution in [1.82, 2.24) is 4.90 Å². The molecular weight excluding hydrogens is 434 g/mol. The van der Waals surface area contributed by atoms with Crippen LogP contribution in [0.3, 0.4) is 0 Å². The molecule has 0 N–H and O–H groups in total. The van der Waals surface area contributed by atoms with Gasteiger partial charge in [0.05, 0.1) is 11.4 Å². The average Bonchev–Trinajstić information content (AvgIpc) is 3.34. The van der Waals surface area contributed by atoms with E-state index in [4.69, 9.17) is 4.99 Å². The molecule has 1 fully saturated rings. The number of para-hydroxylation sites is 1. The van der Waals surface area contributed by atoms with Crippen molar-refractivity contribution in [2.45, 2.75) is 31.6 Å². The molecule has 0 spiro atoms. The van der Waals surface area contributed by atoms with Crippen LogP contribution in [0.5, 0.6) is 0 Å². The Morgan fingerprint density at radius 2 is 1.66 bits per heavy atom. The number of carbonyl (C=O) groups excluding carboxylic acids is 1. The first-order valence-electron chi connectivity index (χ1n) is 11.1. The number of carbonyl (C=O) groups is 1. The molecule has 3 aromatic rings. The summed E-state index contributed by atoms with van der Waals surface area (Å²) >= 11 is 3.20. The normalized spacial score (nSPS) is 19.4. The number of rotatable bonds is 5. The molecule has 0 atom stereocenters. The van der Waals surface area contributed by atoms with Gasteiger partial charge in [-0.3, -0.25) is 9.69 Å². The predicted octanol–water partition coefficient (Wildman–Crippen LogP) is 7.00. The van der Waals surface area contributed by atoms with Gasteiger partial charge in [-0.25, -0.2) is 4.99 Å². The van der Waals surface area contributed by atoms with E-state index in [1.54, 1.807) is 11.8 Å². The molecule has 5 rings (SSSR count). The fourth-order valence-corrected chi connectivity index (χ4v) is 6.47. The quantitative estimate of drug-likeness (QED) is 0.385. The highest BCUT2D eigenvalue weighted by Crippen LogP contribution is 2.50. The Morgan fingerprint density at radius 3 is 2.50 bits per heavy atom. The number of hydrogen-bond acceptors (Lipinski definition) is 5. The molecular formula is C26H25N3OS2. The molecule has 4 nitrogen and oxygen atoms in total. The van der Waals surface area contributed by atoms with Crippen LogP contribution >= 0.6 is 23.5 Å². The van der Waals surface area contributed by atoms with Crippen LogP contribution in [0.1, 0.15) is 26.7 Å². The van der Waals surface area contributed by atoms with Gasteiger partial charge in [0, 0.05) is 23.4 Å². The first kappa shape index (κ1) is 21.2. The van der Waals surface area contributed by atoms with E-state index in [1.165, 1.54) is 22.3 Å². The van der Waals surface area contributed by atoms with Gasteiger partial charge in [0.25, 0.3) is 5.91 Å². The molecule has 0 bridgehead atoms. The van der Waals surface area contributed by atoms with E-state index < -0.39 is 0 Å². The van der Waals surface area contributed by atoms with Crippen molar-refractivity contribution < 1.29 is 4.79 Å². The fraction of sp³-hybridized carbons (Fsp3) is 0.231. The fourth-order valence-electron chi connectivity index (χ4n) is 4.06. The Kier molecular flexibility index (Phi) is 5.98. The van der Waals surface area contributed by atoms with Crippen molar-refractivity contribution in [2.75, 3.05) is 18.0 Å². The maximum atomic E-state index is 13.6. The number of aliphatic imine (C=N–C) groups is 1. The van der Waals surface area contributed by atoms with E-state index in [0.717, 1.165) is 50.9 Å². The lowest BCUT2D eigenvalue weighted by Gasteiger charge is -2.19. The standard InChI is InChI=1S/C26H25N3OS2/c1-3-5-17-29-24(30)23(25-28(4-2)21-15-8-9-16-22(21)31-25)32-26(29)27-20-14-10-12-18-11-6-7-13-19(18)20/h6-16H,3-5,17H2,1-2H3. The summed E-state index contributed by atoms with van der Waals surface area (Å²) in [5.74, 6) is 0.0659. The second-order valence-electron chi connectivity index (χ2n) is 7.75. The second kappa shape index (κ2) is 9.04. The Balaban J connectivity index is 1.59. The van der Waals surface area contributed by atoms with Crippen LogP contribution in [-0.4, -0.2) is 29.1 Å². The number of thioether (sulfide) groups is 2. The van der Waals surface area contributed by atoms with Gasteiger partial charge < -0.3 is 4.90 Å². The van der Waals surface area contributed by atoms with Gasteiger partial charge in [0.15, 0.2) is 5.17 Å². The van der Waals surface area contributed by atoms with Crippen LogP contribution < -0.4 is 4.90 Å². The first-order valence-corrected chi connectivity index (χ1v) is 12.7. The van der Waals surface area contributed by atoms with Crippen LogP contribution in [0.4, 0.5) is 11.4 Å². The molecule has 2 heterocycles. The minimum Gasteiger partial charge on any atom is -0.334 e. The molecule has 1 amide bonds. The maximum absolute atomic E-state index is 13.6. The highest BCUT2D eigenvalue weighted by molar-refractivity contribution is 8.19. The molecule has 0 aliphatic carbocycles. The van der Waals surface area contributed by atoms with Crippen molar-refractivity contribution in [3.8, 4) is 0 Å². The monoisotopic (exact) mass is 459 g/mol. The van der Waals surface area contributed by atoms with Crippen LogP contribution in [0.15, 0.2) is 86.6 Å². The molecule has 3 aromatic carbocycles. The van der Waals surface area contributed by atoms with Gasteiger partial charge in [-0.15, -0.1) is 0 Å². The number of amides is 1. The van der Waals surface area contributed by atoms with Crippen molar-refractivity contribution in [3.05, 3.63) is 76.7 Å². The third-order valence-corrected chi connectivity index (χ3v) is 8.08. The molecule has 2 aliphatic heterocycles. The number of hydrogen-bond donors (Lipinski definition) is 0. The maximum Gasteiger partial charge on any atom is 0.269 e. The van der Waals surface area contributed by atoms with Gasteiger partial charge in [-0.05, 0) is 48.7 Å². The minimum absolute atomic E-state index is 0.0659. The largest absolute Gasteiger partial charge is 0.334 e. The van der Waals surface area contributed by atoms with E-state index in [-0.39, 0.29) is 5.91 Å². The van der Waals surface area contributed by atoms with Gasteiger partial charge in [-0.2, -0.15) is 0 Å². The Morgan fingerprint density at radius 1 is 0.875 bits per heavy atom. The molecule has 0 aromatic heterocycles. The zero-order valence-corrected chi connectivity index (χ0v) is 19.9. The highest BCUT2D eigenvalue weighted by Gasteiger charge is 2.39. The lowest BCUT2D eigenvalue weighted by Crippen LogP contribution is -2.30. The minimum atomic E-state index is 0.0659. The number of unbranched alkanes of at least 4 members (excludes halogenated alkanes) is 1.